The number of benzene rings is 1. The van der Waals surface area contributed by atoms with Gasteiger partial charge in [0, 0.05) is 23.9 Å². The number of aliphatic hydroxyl groups is 1. The van der Waals surface area contributed by atoms with Crippen LogP contribution < -0.4 is 5.32 Å². The fourth-order valence-electron chi connectivity index (χ4n) is 2.07. The first-order chi connectivity index (χ1) is 9.08. The number of hydrogen-bond acceptors (Lipinski definition) is 5. The molecule has 0 radical (unpaired) electrons. The molecule has 0 saturated heterocycles. The molecule has 19 heavy (non-hydrogen) atoms. The van der Waals surface area contributed by atoms with Crippen molar-refractivity contribution in [3.63, 3.8) is 0 Å². The molecule has 102 valence electrons. The smallest absolute Gasteiger partial charge is 0.156 e. The molecule has 0 unspecified atom stereocenters. The summed E-state index contributed by atoms with van der Waals surface area (Å²) in [6.45, 7) is 3.02. The topological polar surface area (TPSA) is 61.3 Å². The van der Waals surface area contributed by atoms with Crippen LogP contribution >= 0.6 is 0 Å². The summed E-state index contributed by atoms with van der Waals surface area (Å²) in [6, 6.07) is 8.00. The first-order valence-electron chi connectivity index (χ1n) is 6.36. The molecular weight excluding hydrogens is 240 g/mol. The zero-order chi connectivity index (χ0) is 13.8. The molecule has 0 aliphatic carbocycles. The Kier molecular flexibility index (Phi) is 4.29. The monoisotopic (exact) mass is 260 g/mol. The number of likely N-dealkylation sites (N-methyl/N-ethyl adjacent to an activating group) is 1. The zero-order valence-corrected chi connectivity index (χ0v) is 11.6. The highest BCUT2D eigenvalue weighted by atomic mass is 16.3. The molecule has 0 bridgehead atoms. The maximum Gasteiger partial charge on any atom is 0.156 e. The molecule has 0 saturated carbocycles. The van der Waals surface area contributed by atoms with Gasteiger partial charge in [-0.1, -0.05) is 24.3 Å². The molecule has 2 rings (SSSR count). The van der Waals surface area contributed by atoms with E-state index < -0.39 is 6.10 Å². The van der Waals surface area contributed by atoms with Crippen molar-refractivity contribution in [2.45, 2.75) is 13.0 Å². The summed E-state index contributed by atoms with van der Waals surface area (Å²) in [5.41, 5.74) is 0.912. The van der Waals surface area contributed by atoms with E-state index in [1.54, 1.807) is 0 Å². The number of aryl methyl sites for hydroxylation is 1. The van der Waals surface area contributed by atoms with Crippen molar-refractivity contribution in [1.29, 1.82) is 0 Å². The van der Waals surface area contributed by atoms with E-state index in [2.05, 4.69) is 15.5 Å². The molecule has 5 heteroatoms. The van der Waals surface area contributed by atoms with Crippen LogP contribution in [0.25, 0.3) is 10.8 Å². The molecule has 0 amide bonds. The highest BCUT2D eigenvalue weighted by Gasteiger charge is 2.09. The van der Waals surface area contributed by atoms with Crippen molar-refractivity contribution in [2.75, 3.05) is 32.5 Å². The third-order valence-electron chi connectivity index (χ3n) is 2.95. The maximum atomic E-state index is 9.86. The predicted molar refractivity (Wildman–Crippen MR) is 77.3 cm³/mol. The first kappa shape index (κ1) is 13.7. The minimum Gasteiger partial charge on any atom is -0.390 e. The van der Waals surface area contributed by atoms with Crippen LogP contribution in [0.4, 0.5) is 5.82 Å². The van der Waals surface area contributed by atoms with Crippen LogP contribution in [0.1, 0.15) is 5.69 Å². The van der Waals surface area contributed by atoms with Crippen molar-refractivity contribution in [3.8, 4) is 0 Å². The largest absolute Gasteiger partial charge is 0.390 e. The van der Waals surface area contributed by atoms with Gasteiger partial charge in [-0.15, -0.1) is 5.10 Å². The second kappa shape index (κ2) is 5.95. The maximum absolute atomic E-state index is 9.86. The average Bonchev–Trinajstić information content (AvgIpc) is 2.37. The van der Waals surface area contributed by atoms with E-state index in [4.69, 9.17) is 0 Å². The first-order valence-corrected chi connectivity index (χ1v) is 6.36. The average molecular weight is 260 g/mol. The summed E-state index contributed by atoms with van der Waals surface area (Å²) in [5.74, 6) is 0.721. The molecule has 2 N–H and O–H groups in total. The molecular formula is C14H20N4O. The SMILES string of the molecule is Cc1nnc(NC[C@@H](O)CN(C)C)c2ccccc12. The summed E-state index contributed by atoms with van der Waals surface area (Å²) in [4.78, 5) is 1.95. The highest BCUT2D eigenvalue weighted by molar-refractivity contribution is 5.92. The van der Waals surface area contributed by atoms with Crippen LogP contribution in [0.3, 0.4) is 0 Å². The number of anilines is 1. The molecule has 5 nitrogen and oxygen atoms in total. The van der Waals surface area contributed by atoms with Gasteiger partial charge < -0.3 is 15.3 Å². The lowest BCUT2D eigenvalue weighted by Crippen LogP contribution is -2.31. The van der Waals surface area contributed by atoms with E-state index in [0.717, 1.165) is 22.3 Å². The van der Waals surface area contributed by atoms with Crippen molar-refractivity contribution >= 4 is 16.6 Å². The van der Waals surface area contributed by atoms with Gasteiger partial charge in [0.1, 0.15) is 0 Å². The molecule has 0 fully saturated rings. The second-order valence-electron chi connectivity index (χ2n) is 4.98. The van der Waals surface area contributed by atoms with Crippen LogP contribution in [-0.4, -0.2) is 53.5 Å². The predicted octanol–water partition coefficient (Wildman–Crippen LogP) is 1.27. The van der Waals surface area contributed by atoms with E-state index in [-0.39, 0.29) is 0 Å². The van der Waals surface area contributed by atoms with Crippen LogP contribution in [0.15, 0.2) is 24.3 Å². The number of rotatable bonds is 5. The molecule has 1 atom stereocenters. The highest BCUT2D eigenvalue weighted by Crippen LogP contribution is 2.21. The lowest BCUT2D eigenvalue weighted by Gasteiger charge is -2.17. The quantitative estimate of drug-likeness (QED) is 0.848. The Bertz CT molecular complexity index is 556. The van der Waals surface area contributed by atoms with Gasteiger partial charge in [-0.25, -0.2) is 0 Å². The number of aliphatic hydroxyl groups excluding tert-OH is 1. The minimum atomic E-state index is -0.433. The molecule has 2 aromatic rings. The molecule has 0 spiro atoms. The molecule has 1 aromatic carbocycles. The number of nitrogens with zero attached hydrogens (tertiary/aromatic N) is 3. The van der Waals surface area contributed by atoms with E-state index in [1.165, 1.54) is 0 Å². The van der Waals surface area contributed by atoms with Crippen molar-refractivity contribution in [3.05, 3.63) is 30.0 Å². The lowest BCUT2D eigenvalue weighted by molar-refractivity contribution is 0.148. The summed E-state index contributed by atoms with van der Waals surface area (Å²) in [7, 11) is 3.87. The summed E-state index contributed by atoms with van der Waals surface area (Å²) in [6.07, 6.45) is -0.433. The Hall–Kier alpha value is -1.72. The Balaban J connectivity index is 2.15. The second-order valence-corrected chi connectivity index (χ2v) is 4.98. The van der Waals surface area contributed by atoms with E-state index in [9.17, 15) is 5.11 Å². The zero-order valence-electron chi connectivity index (χ0n) is 11.6. The van der Waals surface area contributed by atoms with E-state index >= 15 is 0 Å². The molecule has 1 heterocycles. The van der Waals surface area contributed by atoms with Crippen molar-refractivity contribution in [1.82, 2.24) is 15.1 Å². The third-order valence-corrected chi connectivity index (χ3v) is 2.95. The number of nitrogens with one attached hydrogen (secondary N) is 1. The Morgan fingerprint density at radius 2 is 1.89 bits per heavy atom. The van der Waals surface area contributed by atoms with Gasteiger partial charge >= 0.3 is 0 Å². The Morgan fingerprint density at radius 3 is 2.58 bits per heavy atom. The number of hydrogen-bond donors (Lipinski definition) is 2. The van der Waals surface area contributed by atoms with Gasteiger partial charge in [0.2, 0.25) is 0 Å². The number of fused-ring (bicyclic) bond motifs is 1. The van der Waals surface area contributed by atoms with Gasteiger partial charge in [0.15, 0.2) is 5.82 Å². The number of aromatic nitrogens is 2. The summed E-state index contributed by atoms with van der Waals surface area (Å²) < 4.78 is 0. The summed E-state index contributed by atoms with van der Waals surface area (Å²) in [5, 5.41) is 23.5. The normalized spacial score (nSPS) is 12.9. The Morgan fingerprint density at radius 1 is 1.21 bits per heavy atom. The minimum absolute atomic E-state index is 0.433. The van der Waals surface area contributed by atoms with Crippen molar-refractivity contribution < 1.29 is 5.11 Å². The lowest BCUT2D eigenvalue weighted by atomic mass is 10.1. The fourth-order valence-corrected chi connectivity index (χ4v) is 2.07. The van der Waals surface area contributed by atoms with E-state index in [1.807, 2.05) is 50.2 Å². The standard InChI is InChI=1S/C14H20N4O/c1-10-12-6-4-5-7-13(12)14(17-16-10)15-8-11(19)9-18(2)3/h4-7,11,19H,8-9H2,1-3H3,(H,15,17)/t11-/m1/s1. The van der Waals surface area contributed by atoms with Gasteiger partial charge in [-0.05, 0) is 21.0 Å². The fraction of sp³-hybridized carbons (Fsp3) is 0.429. The van der Waals surface area contributed by atoms with Gasteiger partial charge in [0.25, 0.3) is 0 Å². The van der Waals surface area contributed by atoms with Crippen LogP contribution in [-0.2, 0) is 0 Å². The molecule has 1 aromatic heterocycles. The van der Waals surface area contributed by atoms with Crippen molar-refractivity contribution in [2.24, 2.45) is 0 Å². The van der Waals surface area contributed by atoms with Gasteiger partial charge in [-0.2, -0.15) is 5.10 Å². The van der Waals surface area contributed by atoms with E-state index in [0.29, 0.717) is 13.1 Å². The Labute approximate surface area is 113 Å². The third kappa shape index (κ3) is 3.39. The van der Waals surface area contributed by atoms with Gasteiger partial charge in [-0.3, -0.25) is 0 Å². The van der Waals surface area contributed by atoms with Crippen LogP contribution in [0.5, 0.6) is 0 Å². The summed E-state index contributed by atoms with van der Waals surface area (Å²) >= 11 is 0. The van der Waals surface area contributed by atoms with Crippen LogP contribution in [0, 0.1) is 6.92 Å². The molecule has 0 aliphatic rings. The molecule has 0 aliphatic heterocycles. The van der Waals surface area contributed by atoms with Crippen LogP contribution in [0.2, 0.25) is 0 Å². The van der Waals surface area contributed by atoms with Gasteiger partial charge in [0.05, 0.1) is 11.8 Å².